The maximum Gasteiger partial charge on any atom is 0.193 e. The van der Waals surface area contributed by atoms with Crippen LogP contribution in [0.25, 0.3) is 0 Å². The highest BCUT2D eigenvalue weighted by atomic mass is 35.5. The fourth-order valence-corrected chi connectivity index (χ4v) is 3.53. The Labute approximate surface area is 163 Å². The van der Waals surface area contributed by atoms with E-state index in [1.54, 1.807) is 24.4 Å². The Morgan fingerprint density at radius 3 is 2.65 bits per heavy atom. The lowest BCUT2D eigenvalue weighted by molar-refractivity contribution is 0.179. The standard InChI is InChI=1S/C18H23Cl2N5O/c1-21-18(22-11-16-2-5-23-24-16)25-6-3-13(4-7-25)12-26-17-9-14(19)8-15(20)10-17/h2,5,8-10,13H,3-4,6-7,11-12H2,1H3,(H,21,22)(H,23,24). The van der Waals surface area contributed by atoms with Crippen molar-refractivity contribution in [2.24, 2.45) is 10.9 Å². The lowest BCUT2D eigenvalue weighted by atomic mass is 9.98. The maximum atomic E-state index is 6.01. The summed E-state index contributed by atoms with van der Waals surface area (Å²) >= 11 is 12.0. The Bertz CT molecular complexity index is 707. The summed E-state index contributed by atoms with van der Waals surface area (Å²) in [6, 6.07) is 7.25. The van der Waals surface area contributed by atoms with Crippen LogP contribution in [0.15, 0.2) is 35.5 Å². The van der Waals surface area contributed by atoms with Crippen molar-refractivity contribution >= 4 is 29.2 Å². The molecule has 0 unspecified atom stereocenters. The molecule has 0 bridgehead atoms. The molecule has 0 aliphatic carbocycles. The number of nitrogens with zero attached hydrogens (tertiary/aromatic N) is 3. The van der Waals surface area contributed by atoms with Gasteiger partial charge in [-0.1, -0.05) is 23.2 Å². The summed E-state index contributed by atoms with van der Waals surface area (Å²) in [5.74, 6) is 2.15. The van der Waals surface area contributed by atoms with Gasteiger partial charge in [-0.2, -0.15) is 5.10 Å². The summed E-state index contributed by atoms with van der Waals surface area (Å²) in [7, 11) is 1.81. The molecular weight excluding hydrogens is 373 g/mol. The fourth-order valence-electron chi connectivity index (χ4n) is 3.03. The number of hydrogen-bond donors (Lipinski definition) is 2. The van der Waals surface area contributed by atoms with Gasteiger partial charge in [0.15, 0.2) is 5.96 Å². The highest BCUT2D eigenvalue weighted by Gasteiger charge is 2.22. The quantitative estimate of drug-likeness (QED) is 0.599. The Morgan fingerprint density at radius 2 is 2.04 bits per heavy atom. The number of guanidine groups is 1. The van der Waals surface area contributed by atoms with Gasteiger partial charge in [-0.25, -0.2) is 0 Å². The van der Waals surface area contributed by atoms with Crippen molar-refractivity contribution in [3.8, 4) is 5.75 Å². The average Bonchev–Trinajstić information content (AvgIpc) is 3.14. The first-order valence-electron chi connectivity index (χ1n) is 8.67. The van der Waals surface area contributed by atoms with E-state index in [2.05, 4.69) is 25.4 Å². The molecule has 140 valence electrons. The number of aromatic amines is 1. The van der Waals surface area contributed by atoms with E-state index in [0.29, 0.717) is 29.1 Å². The van der Waals surface area contributed by atoms with Gasteiger partial charge in [0, 0.05) is 36.4 Å². The van der Waals surface area contributed by atoms with Crippen LogP contribution < -0.4 is 10.1 Å². The van der Waals surface area contributed by atoms with Crippen molar-refractivity contribution in [1.29, 1.82) is 0 Å². The lowest BCUT2D eigenvalue weighted by Crippen LogP contribution is -2.46. The molecule has 1 saturated heterocycles. The minimum Gasteiger partial charge on any atom is -0.493 e. The molecule has 1 aliphatic heterocycles. The number of piperidine rings is 1. The zero-order valence-corrected chi connectivity index (χ0v) is 16.2. The zero-order chi connectivity index (χ0) is 18.4. The van der Waals surface area contributed by atoms with Gasteiger partial charge < -0.3 is 15.0 Å². The van der Waals surface area contributed by atoms with Crippen LogP contribution in [0, 0.1) is 5.92 Å². The third-order valence-corrected chi connectivity index (χ3v) is 4.88. The molecule has 0 spiro atoms. The first-order valence-corrected chi connectivity index (χ1v) is 9.42. The van der Waals surface area contributed by atoms with Crippen LogP contribution in [0.5, 0.6) is 5.75 Å². The SMILES string of the molecule is CN=C(NCc1ccn[nH]1)N1CCC(COc2cc(Cl)cc(Cl)c2)CC1. The van der Waals surface area contributed by atoms with E-state index in [4.69, 9.17) is 27.9 Å². The van der Waals surface area contributed by atoms with E-state index in [1.807, 2.05) is 13.1 Å². The fraction of sp³-hybridized carbons (Fsp3) is 0.444. The van der Waals surface area contributed by atoms with E-state index in [1.165, 1.54) is 0 Å². The average molecular weight is 396 g/mol. The number of rotatable bonds is 5. The Balaban J connectivity index is 1.44. The molecule has 26 heavy (non-hydrogen) atoms. The minimum absolute atomic E-state index is 0.509. The minimum atomic E-state index is 0.509. The number of hydrogen-bond acceptors (Lipinski definition) is 3. The van der Waals surface area contributed by atoms with E-state index in [0.717, 1.165) is 43.3 Å². The highest BCUT2D eigenvalue weighted by Crippen LogP contribution is 2.26. The predicted octanol–water partition coefficient (Wildman–Crippen LogP) is 3.58. The number of aliphatic imine (C=N–C) groups is 1. The van der Waals surface area contributed by atoms with Crippen LogP contribution in [-0.2, 0) is 6.54 Å². The molecule has 2 aromatic rings. The second-order valence-corrected chi connectivity index (χ2v) is 7.20. The molecular formula is C18H23Cl2N5O. The molecule has 1 aliphatic rings. The van der Waals surface area contributed by atoms with Gasteiger partial charge >= 0.3 is 0 Å². The van der Waals surface area contributed by atoms with Crippen molar-refractivity contribution in [3.05, 3.63) is 46.2 Å². The van der Waals surface area contributed by atoms with E-state index < -0.39 is 0 Å². The number of nitrogens with one attached hydrogen (secondary N) is 2. The Hall–Kier alpha value is -1.92. The second-order valence-electron chi connectivity index (χ2n) is 6.33. The molecule has 0 radical (unpaired) electrons. The van der Waals surface area contributed by atoms with Crippen LogP contribution >= 0.6 is 23.2 Å². The summed E-state index contributed by atoms with van der Waals surface area (Å²) in [5, 5.41) is 11.5. The van der Waals surface area contributed by atoms with Crippen molar-refractivity contribution in [1.82, 2.24) is 20.4 Å². The summed E-state index contributed by atoms with van der Waals surface area (Å²) in [4.78, 5) is 6.67. The van der Waals surface area contributed by atoms with Crippen LogP contribution in [0.3, 0.4) is 0 Å². The zero-order valence-electron chi connectivity index (χ0n) is 14.7. The molecule has 3 rings (SSSR count). The first-order chi connectivity index (χ1) is 12.6. The number of aromatic nitrogens is 2. The van der Waals surface area contributed by atoms with Gasteiger partial charge in [0.2, 0.25) is 0 Å². The van der Waals surface area contributed by atoms with Crippen LogP contribution in [0.4, 0.5) is 0 Å². The molecule has 2 N–H and O–H groups in total. The van der Waals surface area contributed by atoms with Crippen LogP contribution in [0.1, 0.15) is 18.5 Å². The topological polar surface area (TPSA) is 65.5 Å². The van der Waals surface area contributed by atoms with Crippen molar-refractivity contribution in [2.75, 3.05) is 26.7 Å². The number of benzene rings is 1. The van der Waals surface area contributed by atoms with Crippen molar-refractivity contribution in [3.63, 3.8) is 0 Å². The third kappa shape index (κ3) is 5.29. The third-order valence-electron chi connectivity index (χ3n) is 4.44. The molecule has 0 saturated carbocycles. The molecule has 2 heterocycles. The number of ether oxygens (including phenoxy) is 1. The highest BCUT2D eigenvalue weighted by molar-refractivity contribution is 6.34. The first kappa shape index (κ1) is 18.9. The molecule has 6 nitrogen and oxygen atoms in total. The van der Waals surface area contributed by atoms with E-state index in [9.17, 15) is 0 Å². The van der Waals surface area contributed by atoms with Gasteiger partial charge in [0.25, 0.3) is 0 Å². The molecule has 0 atom stereocenters. The number of likely N-dealkylation sites (tertiary alicyclic amines) is 1. The van der Waals surface area contributed by atoms with Crippen molar-refractivity contribution in [2.45, 2.75) is 19.4 Å². The maximum absolute atomic E-state index is 6.01. The molecule has 0 amide bonds. The molecule has 1 aromatic heterocycles. The van der Waals surface area contributed by atoms with Gasteiger partial charge in [-0.15, -0.1) is 0 Å². The Morgan fingerprint density at radius 1 is 1.31 bits per heavy atom. The van der Waals surface area contributed by atoms with Gasteiger partial charge in [0.1, 0.15) is 5.75 Å². The predicted molar refractivity (Wildman–Crippen MR) is 105 cm³/mol. The molecule has 8 heteroatoms. The smallest absolute Gasteiger partial charge is 0.193 e. The van der Waals surface area contributed by atoms with Crippen LogP contribution in [-0.4, -0.2) is 47.8 Å². The largest absolute Gasteiger partial charge is 0.493 e. The van der Waals surface area contributed by atoms with E-state index in [-0.39, 0.29) is 0 Å². The summed E-state index contributed by atoms with van der Waals surface area (Å²) < 4.78 is 5.88. The lowest BCUT2D eigenvalue weighted by Gasteiger charge is -2.34. The summed E-state index contributed by atoms with van der Waals surface area (Å²) in [6.07, 6.45) is 3.86. The number of halogens is 2. The monoisotopic (exact) mass is 395 g/mol. The Kier molecular flexibility index (Phi) is 6.63. The summed E-state index contributed by atoms with van der Waals surface area (Å²) in [6.45, 7) is 3.26. The number of H-pyrrole nitrogens is 1. The molecule has 1 aromatic carbocycles. The summed E-state index contributed by atoms with van der Waals surface area (Å²) in [5.41, 5.74) is 1.04. The van der Waals surface area contributed by atoms with Crippen LogP contribution in [0.2, 0.25) is 10.0 Å². The van der Waals surface area contributed by atoms with Gasteiger partial charge in [0.05, 0.1) is 18.8 Å². The van der Waals surface area contributed by atoms with Crippen molar-refractivity contribution < 1.29 is 4.74 Å². The second kappa shape index (κ2) is 9.14. The normalized spacial score (nSPS) is 16.0. The van der Waals surface area contributed by atoms with E-state index >= 15 is 0 Å². The molecule has 1 fully saturated rings. The van der Waals surface area contributed by atoms with Gasteiger partial charge in [-0.05, 0) is 43.0 Å². The van der Waals surface area contributed by atoms with Gasteiger partial charge in [-0.3, -0.25) is 10.1 Å².